The summed E-state index contributed by atoms with van der Waals surface area (Å²) in [5.74, 6) is -3.08. The fourth-order valence-corrected chi connectivity index (χ4v) is 9.36. The summed E-state index contributed by atoms with van der Waals surface area (Å²) < 4.78 is 12.0. The highest BCUT2D eigenvalue weighted by atomic mass is 16.6. The van der Waals surface area contributed by atoms with Crippen molar-refractivity contribution in [3.63, 3.8) is 0 Å². The van der Waals surface area contributed by atoms with E-state index < -0.39 is 58.0 Å². The number of fused-ring (bicyclic) bond motifs is 3. The van der Waals surface area contributed by atoms with Crippen LogP contribution in [-0.4, -0.2) is 63.1 Å². The Morgan fingerprint density at radius 3 is 2.19 bits per heavy atom. The number of hydrogen-bond acceptors (Lipinski definition) is 8. The van der Waals surface area contributed by atoms with Crippen LogP contribution < -0.4 is 0 Å². The van der Waals surface area contributed by atoms with Gasteiger partial charge in [-0.1, -0.05) is 109 Å². The van der Waals surface area contributed by atoms with E-state index in [9.17, 15) is 29.7 Å². The third-order valence-electron chi connectivity index (χ3n) is 12.0. The van der Waals surface area contributed by atoms with Crippen LogP contribution in [0.4, 0.5) is 0 Å². The van der Waals surface area contributed by atoms with Crippen LogP contribution in [0.25, 0.3) is 0 Å². The monoisotopic (exact) mass is 650 g/mol. The minimum Gasteiger partial charge on any atom is -0.458 e. The molecule has 3 N–H and O–H groups in total. The quantitative estimate of drug-likeness (QED) is 0.122. The molecule has 1 aromatic carbocycles. The first-order valence-corrected chi connectivity index (χ1v) is 17.8. The molecule has 1 aromatic rings. The van der Waals surface area contributed by atoms with Gasteiger partial charge >= 0.3 is 11.9 Å². The van der Waals surface area contributed by atoms with E-state index in [-0.39, 0.29) is 23.9 Å². The molecule has 2 saturated carbocycles. The number of aliphatic hydroxyl groups excluding tert-OH is 2. The standard InChI is InChI=1S/C39H54O8/c1-6-7-8-9-10-11-12-13-17-20-30(40)47-38-23-26(3)37-22-25(2)32(41)39(37,45)33(42)28(21-29(34(37)43)31(38)36(38,4)5)24-46-35(44)27-18-15-14-16-19-27/h14-16,18-19,21-22,26,29,31-33,41-42,45H,6-13,17,20,23-24H2,1-5H3/t26?,29-,31+,32-,33+,37-,38-,39+/m0/s1. The number of ketones is 1. The normalized spacial score (nSPS) is 35.1. The molecule has 1 spiro atoms. The summed E-state index contributed by atoms with van der Waals surface area (Å²) in [6.07, 6.45) is 10.9. The van der Waals surface area contributed by atoms with Crippen molar-refractivity contribution in [3.8, 4) is 0 Å². The van der Waals surface area contributed by atoms with E-state index in [1.165, 1.54) is 38.5 Å². The molecule has 1 unspecified atom stereocenters. The van der Waals surface area contributed by atoms with Crippen molar-refractivity contribution in [2.75, 3.05) is 6.61 Å². The average molecular weight is 651 g/mol. The maximum atomic E-state index is 14.8. The Hall–Kier alpha value is -2.81. The molecular weight excluding hydrogens is 596 g/mol. The Morgan fingerprint density at radius 1 is 0.936 bits per heavy atom. The molecule has 8 nitrogen and oxygen atoms in total. The van der Waals surface area contributed by atoms with Gasteiger partial charge in [-0.3, -0.25) is 9.59 Å². The molecule has 4 aliphatic rings. The van der Waals surface area contributed by atoms with Crippen molar-refractivity contribution in [1.29, 1.82) is 0 Å². The Bertz CT molecular complexity index is 1400. The third kappa shape index (κ3) is 5.82. The summed E-state index contributed by atoms with van der Waals surface area (Å²) in [6, 6.07) is 8.44. The molecule has 4 aliphatic carbocycles. The van der Waals surface area contributed by atoms with Crippen LogP contribution in [-0.2, 0) is 19.1 Å². The zero-order valence-electron chi connectivity index (χ0n) is 28.8. The first kappa shape index (κ1) is 35.5. The van der Waals surface area contributed by atoms with Gasteiger partial charge < -0.3 is 24.8 Å². The van der Waals surface area contributed by atoms with Crippen LogP contribution >= 0.6 is 0 Å². The molecule has 0 amide bonds. The molecule has 5 rings (SSSR count). The minimum atomic E-state index is -2.30. The van der Waals surface area contributed by atoms with Crippen LogP contribution in [0, 0.1) is 28.6 Å². The first-order valence-electron chi connectivity index (χ1n) is 17.8. The van der Waals surface area contributed by atoms with Crippen LogP contribution in [0.2, 0.25) is 0 Å². The van der Waals surface area contributed by atoms with Gasteiger partial charge in [0.15, 0.2) is 5.78 Å². The number of ether oxygens (including phenoxy) is 2. The Morgan fingerprint density at radius 2 is 1.55 bits per heavy atom. The second-order valence-electron chi connectivity index (χ2n) is 15.2. The van der Waals surface area contributed by atoms with Gasteiger partial charge in [0.05, 0.1) is 11.0 Å². The lowest BCUT2D eigenvalue weighted by Gasteiger charge is -2.48. The van der Waals surface area contributed by atoms with Gasteiger partial charge in [0, 0.05) is 23.7 Å². The van der Waals surface area contributed by atoms with Gasteiger partial charge in [-0.15, -0.1) is 0 Å². The van der Waals surface area contributed by atoms with Gasteiger partial charge in [-0.05, 0) is 49.0 Å². The van der Waals surface area contributed by atoms with Gasteiger partial charge in [0.1, 0.15) is 30.0 Å². The van der Waals surface area contributed by atoms with Crippen LogP contribution in [0.3, 0.4) is 0 Å². The van der Waals surface area contributed by atoms with E-state index in [4.69, 9.17) is 9.47 Å². The molecule has 0 radical (unpaired) electrons. The number of hydrogen-bond donors (Lipinski definition) is 3. The van der Waals surface area contributed by atoms with Crippen molar-refractivity contribution >= 4 is 17.7 Å². The molecule has 258 valence electrons. The van der Waals surface area contributed by atoms with E-state index in [1.807, 2.05) is 20.8 Å². The maximum Gasteiger partial charge on any atom is 0.338 e. The van der Waals surface area contributed by atoms with Crippen LogP contribution in [0.5, 0.6) is 0 Å². The number of Topliss-reactive ketones (excluding diaryl/α,β-unsaturated/α-hetero) is 1. The Labute approximate surface area is 279 Å². The number of benzene rings is 1. The molecule has 2 bridgehead atoms. The number of allylic oxidation sites excluding steroid dienone is 1. The number of aliphatic hydroxyl groups is 3. The maximum absolute atomic E-state index is 14.8. The SMILES string of the molecule is CCCCCCCCCCCC(=O)O[C@@]12CC(C)[C@]34C=C(C)[C@H](O)[C@@]3(O)[C@H](O)C(COC(=O)c3ccccc3)=C[C@H](C4=O)[C@@H]1C2(C)C. The van der Waals surface area contributed by atoms with Crippen molar-refractivity contribution in [2.45, 2.75) is 129 Å². The molecule has 0 aromatic heterocycles. The molecule has 8 heteroatoms. The average Bonchev–Trinajstić information content (AvgIpc) is 3.46. The lowest BCUT2D eigenvalue weighted by molar-refractivity contribution is -0.191. The van der Waals surface area contributed by atoms with Crippen LogP contribution in [0.1, 0.15) is 116 Å². The summed E-state index contributed by atoms with van der Waals surface area (Å²) >= 11 is 0. The topological polar surface area (TPSA) is 130 Å². The summed E-state index contributed by atoms with van der Waals surface area (Å²) in [5.41, 5.74) is -4.61. The van der Waals surface area contributed by atoms with Gasteiger partial charge in [0.2, 0.25) is 0 Å². The predicted octanol–water partition coefficient (Wildman–Crippen LogP) is 6.27. The number of esters is 2. The molecule has 2 fully saturated rings. The van der Waals surface area contributed by atoms with Gasteiger partial charge in [-0.2, -0.15) is 0 Å². The van der Waals surface area contributed by atoms with Gasteiger partial charge in [-0.25, -0.2) is 4.79 Å². The van der Waals surface area contributed by atoms with E-state index in [1.54, 1.807) is 49.4 Å². The fraction of sp³-hybridized carbons (Fsp3) is 0.667. The van der Waals surface area contributed by atoms with Crippen molar-refractivity contribution in [1.82, 2.24) is 0 Å². The zero-order chi connectivity index (χ0) is 34.2. The number of unbranched alkanes of at least 4 members (excludes halogenated alkanes) is 8. The summed E-state index contributed by atoms with van der Waals surface area (Å²) in [4.78, 5) is 41.1. The molecular formula is C39H54O8. The Balaban J connectivity index is 1.39. The van der Waals surface area contributed by atoms with Crippen LogP contribution in [0.15, 0.2) is 53.6 Å². The van der Waals surface area contributed by atoms with E-state index in [0.29, 0.717) is 24.0 Å². The smallest absolute Gasteiger partial charge is 0.338 e. The predicted molar refractivity (Wildman–Crippen MR) is 178 cm³/mol. The Kier molecular flexibility index (Phi) is 10.3. The van der Waals surface area contributed by atoms with Crippen molar-refractivity contribution in [3.05, 3.63) is 59.2 Å². The summed E-state index contributed by atoms with van der Waals surface area (Å²) in [5, 5.41) is 35.6. The number of carbonyl (C=O) groups excluding carboxylic acids is 3. The third-order valence-corrected chi connectivity index (χ3v) is 12.0. The number of rotatable bonds is 14. The first-order chi connectivity index (χ1) is 22.3. The summed E-state index contributed by atoms with van der Waals surface area (Å²) in [6.45, 7) is 9.32. The molecule has 0 saturated heterocycles. The van der Waals surface area contributed by atoms with E-state index in [2.05, 4.69) is 6.92 Å². The molecule has 0 aliphatic heterocycles. The lowest BCUT2D eigenvalue weighted by atomic mass is 9.59. The van der Waals surface area contributed by atoms with Gasteiger partial charge in [0.25, 0.3) is 0 Å². The highest BCUT2D eigenvalue weighted by molar-refractivity contribution is 5.96. The zero-order valence-corrected chi connectivity index (χ0v) is 28.8. The van der Waals surface area contributed by atoms with Crippen molar-refractivity contribution < 1.29 is 39.2 Å². The van der Waals surface area contributed by atoms with Crippen molar-refractivity contribution in [2.24, 2.45) is 28.6 Å². The fourth-order valence-electron chi connectivity index (χ4n) is 9.36. The van der Waals surface area contributed by atoms with E-state index >= 15 is 0 Å². The highest BCUT2D eigenvalue weighted by Crippen LogP contribution is 2.75. The molecule has 47 heavy (non-hydrogen) atoms. The lowest BCUT2D eigenvalue weighted by Crippen LogP contribution is -2.65. The largest absolute Gasteiger partial charge is 0.458 e. The number of carbonyl (C=O) groups is 3. The highest BCUT2D eigenvalue weighted by Gasteiger charge is 2.83. The summed E-state index contributed by atoms with van der Waals surface area (Å²) in [7, 11) is 0. The van der Waals surface area contributed by atoms with E-state index in [0.717, 1.165) is 19.3 Å². The second-order valence-corrected chi connectivity index (χ2v) is 15.2. The molecule has 8 atom stereocenters. The minimum absolute atomic E-state index is 0.144. The molecule has 0 heterocycles. The second kappa shape index (κ2) is 13.6.